The van der Waals surface area contributed by atoms with E-state index in [1.165, 1.54) is 0 Å². The van der Waals surface area contributed by atoms with Crippen LogP contribution in [-0.2, 0) is 6.54 Å². The first-order valence-corrected chi connectivity index (χ1v) is 11.7. The van der Waals surface area contributed by atoms with Crippen molar-refractivity contribution in [3.63, 3.8) is 0 Å². The van der Waals surface area contributed by atoms with Crippen LogP contribution in [0.1, 0.15) is 15.9 Å². The van der Waals surface area contributed by atoms with Crippen LogP contribution in [0.4, 0.5) is 17.3 Å². The fourth-order valence-corrected chi connectivity index (χ4v) is 3.46. The number of ether oxygens (including phenoxy) is 1. The topological polar surface area (TPSA) is 105 Å². The van der Waals surface area contributed by atoms with Gasteiger partial charge in [-0.3, -0.25) is 4.79 Å². The van der Waals surface area contributed by atoms with E-state index in [1.807, 2.05) is 68.7 Å². The minimum absolute atomic E-state index is 0.212. The highest BCUT2D eigenvalue weighted by molar-refractivity contribution is 6.05. The van der Waals surface area contributed by atoms with Crippen molar-refractivity contribution < 1.29 is 9.53 Å². The van der Waals surface area contributed by atoms with E-state index in [0.717, 1.165) is 29.1 Å². The number of carbonyl (C=O) groups is 1. The second-order valence-electron chi connectivity index (χ2n) is 8.54. The highest BCUT2D eigenvalue weighted by atomic mass is 16.5. The first-order chi connectivity index (χ1) is 17.5. The molecule has 8 nitrogen and oxygen atoms in total. The number of anilines is 3. The van der Waals surface area contributed by atoms with Gasteiger partial charge >= 0.3 is 0 Å². The molecule has 0 fully saturated rings. The summed E-state index contributed by atoms with van der Waals surface area (Å²) in [5.74, 6) is 1.12. The van der Waals surface area contributed by atoms with E-state index in [2.05, 4.69) is 25.5 Å². The number of nitrogens with zero attached hydrogens (tertiary/aromatic N) is 3. The van der Waals surface area contributed by atoms with E-state index in [-0.39, 0.29) is 5.91 Å². The maximum Gasteiger partial charge on any atom is 0.255 e. The van der Waals surface area contributed by atoms with Crippen molar-refractivity contribution in [2.75, 3.05) is 43.6 Å². The highest BCUT2D eigenvalue weighted by Crippen LogP contribution is 2.23. The van der Waals surface area contributed by atoms with Crippen LogP contribution in [0.3, 0.4) is 0 Å². The summed E-state index contributed by atoms with van der Waals surface area (Å²) in [6.07, 6.45) is 1.73. The first-order valence-electron chi connectivity index (χ1n) is 11.7. The van der Waals surface area contributed by atoms with Crippen molar-refractivity contribution in [3.8, 4) is 17.0 Å². The molecule has 0 saturated carbocycles. The number of aromatic nitrogens is 2. The maximum absolute atomic E-state index is 12.5. The molecule has 0 atom stereocenters. The van der Waals surface area contributed by atoms with Gasteiger partial charge in [-0.05, 0) is 62.1 Å². The van der Waals surface area contributed by atoms with Crippen molar-refractivity contribution in [3.05, 3.63) is 96.2 Å². The molecule has 4 rings (SSSR count). The number of likely N-dealkylation sites (N-methyl/N-ethyl adjacent to an activating group) is 1. The number of rotatable bonds is 10. The summed E-state index contributed by atoms with van der Waals surface area (Å²) in [4.78, 5) is 23.6. The van der Waals surface area contributed by atoms with E-state index in [1.54, 1.807) is 30.5 Å². The lowest BCUT2D eigenvalue weighted by molar-refractivity contribution is 0.102. The van der Waals surface area contributed by atoms with Crippen LogP contribution in [0.25, 0.3) is 11.3 Å². The zero-order valence-electron chi connectivity index (χ0n) is 20.4. The largest absolute Gasteiger partial charge is 0.492 e. The van der Waals surface area contributed by atoms with Gasteiger partial charge in [-0.25, -0.2) is 9.97 Å². The third kappa shape index (κ3) is 6.80. The van der Waals surface area contributed by atoms with Gasteiger partial charge in [-0.15, -0.1) is 0 Å². The molecule has 0 aliphatic heterocycles. The molecule has 0 bridgehead atoms. The molecule has 36 heavy (non-hydrogen) atoms. The summed E-state index contributed by atoms with van der Waals surface area (Å²) < 4.78 is 5.84. The molecule has 1 aromatic heterocycles. The van der Waals surface area contributed by atoms with E-state index >= 15 is 0 Å². The Balaban J connectivity index is 1.35. The Morgan fingerprint density at radius 2 is 1.81 bits per heavy atom. The van der Waals surface area contributed by atoms with Gasteiger partial charge in [0.25, 0.3) is 5.91 Å². The minimum Gasteiger partial charge on any atom is -0.492 e. The summed E-state index contributed by atoms with van der Waals surface area (Å²) in [7, 11) is 4.03. The van der Waals surface area contributed by atoms with E-state index in [4.69, 9.17) is 10.5 Å². The molecule has 0 spiro atoms. The zero-order chi connectivity index (χ0) is 25.3. The van der Waals surface area contributed by atoms with Gasteiger partial charge in [0, 0.05) is 30.4 Å². The Labute approximate surface area is 211 Å². The van der Waals surface area contributed by atoms with Gasteiger partial charge in [-0.2, -0.15) is 0 Å². The molecular weight excluding hydrogens is 452 g/mol. The molecule has 8 heteroatoms. The van der Waals surface area contributed by atoms with Crippen LogP contribution >= 0.6 is 0 Å². The van der Waals surface area contributed by atoms with Gasteiger partial charge in [0.15, 0.2) is 0 Å². The van der Waals surface area contributed by atoms with Crippen molar-refractivity contribution in [2.24, 2.45) is 0 Å². The number of benzene rings is 3. The predicted octanol–water partition coefficient (Wildman–Crippen LogP) is 4.53. The van der Waals surface area contributed by atoms with Gasteiger partial charge in [0.2, 0.25) is 5.95 Å². The second-order valence-corrected chi connectivity index (χ2v) is 8.54. The quantitative estimate of drug-likeness (QED) is 0.285. The second kappa shape index (κ2) is 11.8. The Kier molecular flexibility index (Phi) is 8.10. The third-order valence-electron chi connectivity index (χ3n) is 5.47. The number of nitrogens with two attached hydrogens (primary N) is 1. The summed E-state index contributed by atoms with van der Waals surface area (Å²) in [6.45, 7) is 1.98. The number of carbonyl (C=O) groups excluding carboxylic acids is 1. The van der Waals surface area contributed by atoms with Crippen LogP contribution in [0, 0.1) is 0 Å². The molecule has 3 aromatic carbocycles. The fraction of sp³-hybridized carbons (Fsp3) is 0.179. The molecule has 0 unspecified atom stereocenters. The number of hydrogen-bond donors (Lipinski definition) is 3. The number of hydrogen-bond acceptors (Lipinski definition) is 7. The average molecular weight is 483 g/mol. The van der Waals surface area contributed by atoms with Crippen LogP contribution in [0.2, 0.25) is 0 Å². The Bertz CT molecular complexity index is 1310. The Morgan fingerprint density at radius 3 is 2.58 bits per heavy atom. The van der Waals surface area contributed by atoms with Crippen molar-refractivity contribution in [1.29, 1.82) is 0 Å². The van der Waals surface area contributed by atoms with Crippen molar-refractivity contribution >= 4 is 23.2 Å². The maximum atomic E-state index is 12.5. The Morgan fingerprint density at radius 1 is 1.00 bits per heavy atom. The number of nitrogen functional groups attached to an aromatic ring is 1. The normalized spacial score (nSPS) is 10.8. The van der Waals surface area contributed by atoms with Gasteiger partial charge in [-0.1, -0.05) is 36.4 Å². The van der Waals surface area contributed by atoms with E-state index < -0.39 is 0 Å². The Hall–Kier alpha value is -4.43. The SMILES string of the molecule is CN(C)CCOc1cccc(-c2ccnc(NCc3ccc(C(=O)Nc4ccccc4N)cc3)n2)c1. The van der Waals surface area contributed by atoms with Gasteiger partial charge in [0.05, 0.1) is 17.1 Å². The molecule has 1 amide bonds. The summed E-state index contributed by atoms with van der Waals surface area (Å²) in [5.41, 5.74) is 10.3. The smallest absolute Gasteiger partial charge is 0.255 e. The standard InChI is InChI=1S/C28H30N6O2/c1-34(2)16-17-36-23-7-5-6-22(18-23)25-14-15-30-28(33-25)31-19-20-10-12-21(13-11-20)27(35)32-26-9-4-3-8-24(26)29/h3-15,18H,16-17,19,29H2,1-2H3,(H,32,35)(H,30,31,33). The zero-order valence-corrected chi connectivity index (χ0v) is 20.4. The molecule has 4 N–H and O–H groups in total. The molecular formula is C28H30N6O2. The van der Waals surface area contributed by atoms with E-state index in [0.29, 0.717) is 36.0 Å². The number of nitrogens with one attached hydrogen (secondary N) is 2. The van der Waals surface area contributed by atoms with Crippen LogP contribution < -0.4 is 21.1 Å². The number of amides is 1. The molecule has 0 aliphatic carbocycles. The van der Waals surface area contributed by atoms with Crippen molar-refractivity contribution in [1.82, 2.24) is 14.9 Å². The molecule has 0 radical (unpaired) electrons. The van der Waals surface area contributed by atoms with Crippen molar-refractivity contribution in [2.45, 2.75) is 6.54 Å². The molecule has 184 valence electrons. The fourth-order valence-electron chi connectivity index (χ4n) is 3.46. The van der Waals surface area contributed by atoms with Gasteiger partial charge < -0.3 is 26.0 Å². The minimum atomic E-state index is -0.212. The lowest BCUT2D eigenvalue weighted by atomic mass is 10.1. The van der Waals surface area contributed by atoms with Crippen LogP contribution in [-0.4, -0.2) is 48.0 Å². The molecule has 1 heterocycles. The van der Waals surface area contributed by atoms with Crippen LogP contribution in [0.15, 0.2) is 85.1 Å². The van der Waals surface area contributed by atoms with Crippen LogP contribution in [0.5, 0.6) is 5.75 Å². The monoisotopic (exact) mass is 482 g/mol. The third-order valence-corrected chi connectivity index (χ3v) is 5.47. The predicted molar refractivity (Wildman–Crippen MR) is 144 cm³/mol. The van der Waals surface area contributed by atoms with Gasteiger partial charge in [0.1, 0.15) is 12.4 Å². The summed E-state index contributed by atoms with van der Waals surface area (Å²) in [5, 5.41) is 6.09. The van der Waals surface area contributed by atoms with E-state index in [9.17, 15) is 4.79 Å². The first kappa shape index (κ1) is 24.7. The summed E-state index contributed by atoms with van der Waals surface area (Å²) in [6, 6.07) is 24.3. The average Bonchev–Trinajstić information content (AvgIpc) is 2.89. The molecule has 0 aliphatic rings. The lowest BCUT2D eigenvalue weighted by Crippen LogP contribution is -2.19. The highest BCUT2D eigenvalue weighted by Gasteiger charge is 2.09. The molecule has 4 aromatic rings. The lowest BCUT2D eigenvalue weighted by Gasteiger charge is -2.12. The number of para-hydroxylation sites is 2. The molecule has 0 saturated heterocycles. The summed E-state index contributed by atoms with van der Waals surface area (Å²) >= 11 is 0.